The smallest absolute Gasteiger partial charge is 0.431 e. The summed E-state index contributed by atoms with van der Waals surface area (Å²) < 4.78 is 48.4. The third kappa shape index (κ3) is 3.49. The number of aromatic nitrogens is 3. The van der Waals surface area contributed by atoms with Crippen LogP contribution in [0.2, 0.25) is 4.34 Å². The van der Waals surface area contributed by atoms with Crippen molar-refractivity contribution in [2.24, 2.45) is 0 Å². The van der Waals surface area contributed by atoms with E-state index in [2.05, 4.69) is 15.4 Å². The molecule has 150 valence electrons. The van der Waals surface area contributed by atoms with Crippen molar-refractivity contribution in [2.45, 2.75) is 12.2 Å². The zero-order chi connectivity index (χ0) is 20.8. The minimum atomic E-state index is -4.81. The quantitative estimate of drug-likeness (QED) is 0.595. The number of hydrogen-bond donors (Lipinski definition) is 1. The molecular formula is C18H12ClF3N4O2S. The van der Waals surface area contributed by atoms with Crippen LogP contribution < -0.4 is 10.1 Å². The number of halogens is 4. The van der Waals surface area contributed by atoms with Crippen LogP contribution in [0.4, 0.5) is 19.1 Å². The lowest BCUT2D eigenvalue weighted by atomic mass is 9.91. The predicted octanol–water partition coefficient (Wildman–Crippen LogP) is 4.72. The Morgan fingerprint density at radius 1 is 1.24 bits per heavy atom. The molecule has 1 aromatic carbocycles. The molecule has 0 saturated carbocycles. The number of alkyl halides is 3. The average Bonchev–Trinajstić information content (AvgIpc) is 3.34. The van der Waals surface area contributed by atoms with Gasteiger partial charge in [-0.05, 0) is 29.8 Å². The number of thiophene rings is 1. The number of nitrogens with zero attached hydrogens (tertiary/aromatic N) is 3. The van der Waals surface area contributed by atoms with Gasteiger partial charge >= 0.3 is 6.18 Å². The first-order valence-corrected chi connectivity index (χ1v) is 9.41. The average molecular weight is 441 g/mol. The summed E-state index contributed by atoms with van der Waals surface area (Å²) in [5.74, 6) is -0.373. The molecule has 0 fully saturated rings. The van der Waals surface area contributed by atoms with Crippen LogP contribution in [0, 0.1) is 0 Å². The summed E-state index contributed by atoms with van der Waals surface area (Å²) in [6.45, 7) is 0. The van der Waals surface area contributed by atoms with E-state index in [4.69, 9.17) is 16.3 Å². The summed E-state index contributed by atoms with van der Waals surface area (Å²) in [7, 11) is 1.48. The second-order valence-corrected chi connectivity index (χ2v) is 7.76. The molecule has 1 aliphatic rings. The molecule has 11 heteroatoms. The molecular weight excluding hydrogens is 429 g/mol. The van der Waals surface area contributed by atoms with Gasteiger partial charge in [-0.25, -0.2) is 4.68 Å². The third-order valence-electron chi connectivity index (χ3n) is 4.35. The van der Waals surface area contributed by atoms with Gasteiger partial charge in [-0.1, -0.05) is 23.7 Å². The van der Waals surface area contributed by atoms with Crippen LogP contribution in [0.5, 0.6) is 5.75 Å². The monoisotopic (exact) mass is 440 g/mol. The lowest BCUT2D eigenvalue weighted by molar-refractivity contribution is -0.0918. The van der Waals surface area contributed by atoms with E-state index in [0.29, 0.717) is 15.6 Å². The topological polar surface area (TPSA) is 69.0 Å². The number of ketones is 1. The number of rotatable bonds is 4. The molecule has 1 atom stereocenters. The second kappa shape index (κ2) is 7.20. The maximum atomic E-state index is 13.9. The number of allylic oxidation sites excluding steroid dienone is 2. The van der Waals surface area contributed by atoms with Crippen LogP contribution >= 0.6 is 22.9 Å². The van der Waals surface area contributed by atoms with Crippen LogP contribution in [-0.4, -0.2) is 33.8 Å². The fraction of sp³-hybridized carbons (Fsp3) is 0.167. The van der Waals surface area contributed by atoms with E-state index in [-0.39, 0.29) is 10.8 Å². The van der Waals surface area contributed by atoms with E-state index in [0.717, 1.165) is 17.7 Å². The van der Waals surface area contributed by atoms with Crippen molar-refractivity contribution in [2.75, 3.05) is 12.4 Å². The highest BCUT2D eigenvalue weighted by atomic mass is 35.5. The minimum absolute atomic E-state index is 0.0932. The summed E-state index contributed by atoms with van der Waals surface area (Å²) >= 11 is 6.80. The molecule has 3 heterocycles. The molecule has 0 spiro atoms. The lowest BCUT2D eigenvalue weighted by Crippen LogP contribution is -2.35. The highest BCUT2D eigenvalue weighted by molar-refractivity contribution is 7.18. The third-order valence-corrected chi connectivity index (χ3v) is 5.58. The Labute approximate surface area is 171 Å². The van der Waals surface area contributed by atoms with Gasteiger partial charge < -0.3 is 10.1 Å². The molecule has 6 nitrogen and oxygen atoms in total. The molecule has 4 rings (SSSR count). The number of anilines is 1. The summed E-state index contributed by atoms with van der Waals surface area (Å²) in [6.07, 6.45) is -3.68. The summed E-state index contributed by atoms with van der Waals surface area (Å²) in [5.41, 5.74) is -1.24. The van der Waals surface area contributed by atoms with Crippen molar-refractivity contribution < 1.29 is 22.7 Å². The normalized spacial score (nSPS) is 16.4. The van der Waals surface area contributed by atoms with Gasteiger partial charge in [-0.2, -0.15) is 23.3 Å². The van der Waals surface area contributed by atoms with Crippen molar-refractivity contribution in [3.63, 3.8) is 0 Å². The standard InChI is InChI=1S/C18H12ClF3N4O2S/c1-28-10-4-2-9(3-5-10)14-13(15(27)11-6-7-12(19)29-11)16(18(20,21)22)25-17-23-8-24-26(14)17/h2-8,14H,1H3,(H,23,24,25)/t14-/m1/s1. The van der Waals surface area contributed by atoms with Crippen molar-refractivity contribution in [1.82, 2.24) is 14.8 Å². The van der Waals surface area contributed by atoms with Gasteiger partial charge in [0.15, 0.2) is 0 Å². The maximum absolute atomic E-state index is 13.9. The van der Waals surface area contributed by atoms with E-state index in [1.807, 2.05) is 0 Å². The number of carbonyl (C=O) groups is 1. The number of fused-ring (bicyclic) bond motifs is 1. The summed E-state index contributed by atoms with van der Waals surface area (Å²) in [6, 6.07) is 8.11. The largest absolute Gasteiger partial charge is 0.497 e. The Balaban J connectivity index is 1.94. The molecule has 1 aliphatic heterocycles. The Morgan fingerprint density at radius 3 is 2.55 bits per heavy atom. The molecule has 0 unspecified atom stereocenters. The Bertz CT molecular complexity index is 1110. The highest BCUT2D eigenvalue weighted by Crippen LogP contribution is 2.42. The zero-order valence-electron chi connectivity index (χ0n) is 14.7. The van der Waals surface area contributed by atoms with Crippen molar-refractivity contribution in [3.05, 3.63) is 68.8 Å². The number of hydrogen-bond acceptors (Lipinski definition) is 6. The number of benzene rings is 1. The van der Waals surface area contributed by atoms with Crippen LogP contribution in [-0.2, 0) is 0 Å². The van der Waals surface area contributed by atoms with E-state index in [1.165, 1.54) is 23.9 Å². The summed E-state index contributed by atoms with van der Waals surface area (Å²) in [5, 5.41) is 6.26. The van der Waals surface area contributed by atoms with Gasteiger partial charge in [-0.3, -0.25) is 4.79 Å². The van der Waals surface area contributed by atoms with Crippen LogP contribution in [0.1, 0.15) is 21.3 Å². The van der Waals surface area contributed by atoms with E-state index < -0.39 is 29.3 Å². The molecule has 0 radical (unpaired) electrons. The minimum Gasteiger partial charge on any atom is -0.497 e. The van der Waals surface area contributed by atoms with Crippen molar-refractivity contribution >= 4 is 34.7 Å². The van der Waals surface area contributed by atoms with E-state index >= 15 is 0 Å². The van der Waals surface area contributed by atoms with Gasteiger partial charge in [0.05, 0.1) is 21.9 Å². The number of ether oxygens (including phenoxy) is 1. The number of carbonyl (C=O) groups excluding carboxylic acids is 1. The number of nitrogens with one attached hydrogen (secondary N) is 1. The SMILES string of the molecule is COc1ccc([C@@H]2C(C(=O)c3ccc(Cl)s3)=C(C(F)(F)F)Nc3ncnn32)cc1. The van der Waals surface area contributed by atoms with Gasteiger partial charge in [0.2, 0.25) is 11.7 Å². The van der Waals surface area contributed by atoms with E-state index in [1.54, 1.807) is 24.3 Å². The fourth-order valence-corrected chi connectivity index (χ4v) is 4.09. The number of methoxy groups -OCH3 is 1. The first-order valence-electron chi connectivity index (χ1n) is 8.21. The first-order chi connectivity index (χ1) is 13.8. The maximum Gasteiger partial charge on any atom is 0.431 e. The van der Waals surface area contributed by atoms with Gasteiger partial charge in [0, 0.05) is 0 Å². The molecule has 1 N–H and O–H groups in total. The Morgan fingerprint density at radius 2 is 1.97 bits per heavy atom. The Hall–Kier alpha value is -2.85. The molecule has 0 amide bonds. The lowest BCUT2D eigenvalue weighted by Gasteiger charge is -2.30. The van der Waals surface area contributed by atoms with Crippen LogP contribution in [0.15, 0.2) is 54.0 Å². The van der Waals surface area contributed by atoms with Gasteiger partial charge in [0.25, 0.3) is 0 Å². The fourth-order valence-electron chi connectivity index (χ4n) is 3.09. The first kappa shape index (κ1) is 19.5. The second-order valence-electron chi connectivity index (χ2n) is 6.05. The van der Waals surface area contributed by atoms with Gasteiger partial charge in [0.1, 0.15) is 23.8 Å². The zero-order valence-corrected chi connectivity index (χ0v) is 16.3. The molecule has 3 aromatic rings. The van der Waals surface area contributed by atoms with Crippen molar-refractivity contribution in [1.29, 1.82) is 0 Å². The van der Waals surface area contributed by atoms with E-state index in [9.17, 15) is 18.0 Å². The van der Waals surface area contributed by atoms with Gasteiger partial charge in [-0.15, -0.1) is 11.3 Å². The molecule has 2 aromatic heterocycles. The molecule has 0 aliphatic carbocycles. The highest BCUT2D eigenvalue weighted by Gasteiger charge is 2.46. The van der Waals surface area contributed by atoms with Crippen LogP contribution in [0.3, 0.4) is 0 Å². The summed E-state index contributed by atoms with van der Waals surface area (Å²) in [4.78, 5) is 17.1. The molecule has 0 saturated heterocycles. The molecule has 0 bridgehead atoms. The Kier molecular flexibility index (Phi) is 4.83. The number of Topliss-reactive ketones (excluding diaryl/α,β-unsaturated/α-hetero) is 1. The van der Waals surface area contributed by atoms with Crippen LogP contribution in [0.25, 0.3) is 0 Å². The molecule has 29 heavy (non-hydrogen) atoms. The van der Waals surface area contributed by atoms with Crippen molar-refractivity contribution in [3.8, 4) is 5.75 Å². The predicted molar refractivity (Wildman–Crippen MR) is 102 cm³/mol.